The Morgan fingerprint density at radius 1 is 1.16 bits per heavy atom. The third-order valence-electron chi connectivity index (χ3n) is 4.30. The molecule has 0 radical (unpaired) electrons. The van der Waals surface area contributed by atoms with Gasteiger partial charge in [0.05, 0.1) is 11.6 Å². The number of pyridine rings is 1. The summed E-state index contributed by atoms with van der Waals surface area (Å²) in [4.78, 5) is 6.26. The van der Waals surface area contributed by atoms with E-state index < -0.39 is 11.7 Å². The van der Waals surface area contributed by atoms with Crippen LogP contribution >= 0.6 is 12.2 Å². The highest BCUT2D eigenvalue weighted by atomic mass is 32.1. The van der Waals surface area contributed by atoms with Gasteiger partial charge in [0.15, 0.2) is 5.11 Å². The molecule has 1 aromatic carbocycles. The van der Waals surface area contributed by atoms with E-state index in [1.807, 2.05) is 18.3 Å². The fraction of sp³-hybridized carbons (Fsp3) is 0.333. The molecule has 0 amide bonds. The van der Waals surface area contributed by atoms with Crippen molar-refractivity contribution in [1.29, 1.82) is 0 Å². The van der Waals surface area contributed by atoms with Gasteiger partial charge in [0.1, 0.15) is 0 Å². The number of hydrogen-bond acceptors (Lipinski definition) is 2. The monoisotopic (exact) mass is 365 g/mol. The summed E-state index contributed by atoms with van der Waals surface area (Å²) in [6, 6.07) is 8.97. The van der Waals surface area contributed by atoms with Gasteiger partial charge < -0.3 is 10.2 Å². The second-order valence-corrected chi connectivity index (χ2v) is 6.38. The number of halogens is 3. The highest BCUT2D eigenvalue weighted by Crippen LogP contribution is 2.32. The number of nitrogens with zero attached hydrogens (tertiary/aromatic N) is 2. The normalized spacial score (nSPS) is 18.0. The highest BCUT2D eigenvalue weighted by Gasteiger charge is 2.30. The van der Waals surface area contributed by atoms with Crippen LogP contribution in [0.3, 0.4) is 0 Å². The van der Waals surface area contributed by atoms with Crippen molar-refractivity contribution in [2.45, 2.75) is 31.5 Å². The predicted octanol–water partition coefficient (Wildman–Crippen LogP) is 5.02. The van der Waals surface area contributed by atoms with E-state index in [1.165, 1.54) is 12.1 Å². The Labute approximate surface area is 149 Å². The fourth-order valence-electron chi connectivity index (χ4n) is 3.03. The Balaban J connectivity index is 1.73. The summed E-state index contributed by atoms with van der Waals surface area (Å²) in [6.45, 7) is 0.812. The average Bonchev–Trinajstić information content (AvgIpc) is 2.62. The van der Waals surface area contributed by atoms with E-state index in [4.69, 9.17) is 12.2 Å². The number of likely N-dealkylation sites (tertiary alicyclic amines) is 1. The van der Waals surface area contributed by atoms with Gasteiger partial charge in [-0.15, -0.1) is 0 Å². The molecule has 1 aliphatic heterocycles. The maximum Gasteiger partial charge on any atom is 0.416 e. The number of anilines is 1. The summed E-state index contributed by atoms with van der Waals surface area (Å²) in [5.74, 6) is 0. The molecule has 25 heavy (non-hydrogen) atoms. The van der Waals surface area contributed by atoms with E-state index >= 15 is 0 Å². The van der Waals surface area contributed by atoms with Gasteiger partial charge in [-0.3, -0.25) is 4.98 Å². The second kappa shape index (κ2) is 7.39. The number of thiocarbonyl (C=S) groups is 1. The topological polar surface area (TPSA) is 28.2 Å². The van der Waals surface area contributed by atoms with Crippen LogP contribution in [0, 0.1) is 0 Å². The van der Waals surface area contributed by atoms with Crippen LogP contribution in [0.1, 0.15) is 36.4 Å². The molecular weight excluding hydrogens is 347 g/mol. The molecule has 1 N–H and O–H groups in total. The summed E-state index contributed by atoms with van der Waals surface area (Å²) in [5, 5.41) is 3.58. The Kier molecular flexibility index (Phi) is 5.22. The Morgan fingerprint density at radius 2 is 1.92 bits per heavy atom. The molecule has 7 heteroatoms. The number of piperidine rings is 1. The molecule has 0 saturated carbocycles. The zero-order valence-electron chi connectivity index (χ0n) is 13.5. The van der Waals surface area contributed by atoms with Gasteiger partial charge in [-0.1, -0.05) is 6.07 Å². The van der Waals surface area contributed by atoms with Crippen molar-refractivity contribution in [2.75, 3.05) is 11.9 Å². The minimum Gasteiger partial charge on any atom is -0.342 e. The van der Waals surface area contributed by atoms with Crippen LogP contribution in [0.5, 0.6) is 0 Å². The van der Waals surface area contributed by atoms with E-state index in [0.717, 1.165) is 43.5 Å². The summed E-state index contributed by atoms with van der Waals surface area (Å²) in [6.07, 6.45) is 2.35. The molecule has 1 aliphatic rings. The molecular formula is C18H18F3N3S. The van der Waals surface area contributed by atoms with E-state index in [1.54, 1.807) is 6.20 Å². The molecule has 1 saturated heterocycles. The second-order valence-electron chi connectivity index (χ2n) is 6.00. The van der Waals surface area contributed by atoms with E-state index in [-0.39, 0.29) is 6.04 Å². The Hall–Kier alpha value is -2.15. The first-order valence-electron chi connectivity index (χ1n) is 8.10. The van der Waals surface area contributed by atoms with E-state index in [0.29, 0.717) is 10.8 Å². The van der Waals surface area contributed by atoms with Crippen molar-refractivity contribution in [3.63, 3.8) is 0 Å². The van der Waals surface area contributed by atoms with Crippen molar-refractivity contribution in [2.24, 2.45) is 0 Å². The van der Waals surface area contributed by atoms with Crippen LogP contribution in [-0.2, 0) is 6.18 Å². The fourth-order valence-corrected chi connectivity index (χ4v) is 3.37. The predicted molar refractivity (Wildman–Crippen MR) is 95.2 cm³/mol. The van der Waals surface area contributed by atoms with Crippen molar-refractivity contribution in [1.82, 2.24) is 9.88 Å². The number of rotatable bonds is 2. The lowest BCUT2D eigenvalue weighted by atomic mass is 9.97. The molecule has 1 unspecified atom stereocenters. The molecule has 132 valence electrons. The van der Waals surface area contributed by atoms with Crippen LogP contribution in [0.25, 0.3) is 0 Å². The molecule has 1 aromatic heterocycles. The molecule has 1 fully saturated rings. The summed E-state index contributed by atoms with van der Waals surface area (Å²) >= 11 is 5.51. The smallest absolute Gasteiger partial charge is 0.342 e. The Morgan fingerprint density at radius 3 is 2.56 bits per heavy atom. The van der Waals surface area contributed by atoms with Gasteiger partial charge in [0.25, 0.3) is 0 Å². The third-order valence-corrected chi connectivity index (χ3v) is 4.63. The minimum atomic E-state index is -4.34. The van der Waals surface area contributed by atoms with Crippen LogP contribution in [0.4, 0.5) is 18.9 Å². The number of alkyl halides is 3. The number of hydrogen-bond donors (Lipinski definition) is 1. The zero-order valence-corrected chi connectivity index (χ0v) is 14.3. The van der Waals surface area contributed by atoms with Gasteiger partial charge in [0.2, 0.25) is 0 Å². The lowest BCUT2D eigenvalue weighted by molar-refractivity contribution is -0.137. The molecule has 3 rings (SSSR count). The van der Waals surface area contributed by atoms with Gasteiger partial charge in [-0.2, -0.15) is 13.2 Å². The third kappa shape index (κ3) is 4.28. The standard InChI is InChI=1S/C18H18F3N3S/c19-18(20,21)14-6-8-15(9-7-14)23-17(25)24-11-2-1-5-16(24)13-4-3-10-22-12-13/h3-4,6-10,12,16H,1-2,5,11H2,(H,23,25). The van der Waals surface area contributed by atoms with Gasteiger partial charge in [-0.05, 0) is 67.4 Å². The molecule has 1 atom stereocenters. The molecule has 2 aromatic rings. The number of nitrogens with one attached hydrogen (secondary N) is 1. The van der Waals surface area contributed by atoms with Crippen LogP contribution < -0.4 is 5.32 Å². The quantitative estimate of drug-likeness (QED) is 0.756. The highest BCUT2D eigenvalue weighted by molar-refractivity contribution is 7.80. The van der Waals surface area contributed by atoms with Crippen molar-refractivity contribution < 1.29 is 13.2 Å². The first-order chi connectivity index (χ1) is 11.9. The largest absolute Gasteiger partial charge is 0.416 e. The minimum absolute atomic E-state index is 0.136. The summed E-state index contributed by atoms with van der Waals surface area (Å²) in [5.41, 5.74) is 0.974. The molecule has 3 nitrogen and oxygen atoms in total. The van der Waals surface area contributed by atoms with Gasteiger partial charge in [-0.25, -0.2) is 0 Å². The van der Waals surface area contributed by atoms with Crippen LogP contribution in [0.15, 0.2) is 48.8 Å². The maximum atomic E-state index is 12.7. The van der Waals surface area contributed by atoms with E-state index in [9.17, 15) is 13.2 Å². The average molecular weight is 365 g/mol. The van der Waals surface area contributed by atoms with Crippen molar-refractivity contribution >= 4 is 23.0 Å². The lowest BCUT2D eigenvalue weighted by Crippen LogP contribution is -2.41. The summed E-state index contributed by atoms with van der Waals surface area (Å²) < 4.78 is 38.0. The first-order valence-corrected chi connectivity index (χ1v) is 8.51. The molecule has 0 bridgehead atoms. The molecule has 2 heterocycles. The van der Waals surface area contributed by atoms with Crippen molar-refractivity contribution in [3.8, 4) is 0 Å². The SMILES string of the molecule is FC(F)(F)c1ccc(NC(=S)N2CCCCC2c2cccnc2)cc1. The zero-order chi connectivity index (χ0) is 17.9. The van der Waals surface area contributed by atoms with Crippen molar-refractivity contribution in [3.05, 3.63) is 59.9 Å². The van der Waals surface area contributed by atoms with E-state index in [2.05, 4.69) is 15.2 Å². The molecule has 0 spiro atoms. The summed E-state index contributed by atoms with van der Waals surface area (Å²) in [7, 11) is 0. The Bertz CT molecular complexity index is 717. The molecule has 0 aliphatic carbocycles. The maximum absolute atomic E-state index is 12.7. The van der Waals surface area contributed by atoms with Crippen LogP contribution in [-0.4, -0.2) is 21.5 Å². The first kappa shape index (κ1) is 17.7. The number of aromatic nitrogens is 1. The van der Waals surface area contributed by atoms with Gasteiger partial charge >= 0.3 is 6.18 Å². The lowest BCUT2D eigenvalue weighted by Gasteiger charge is -2.37. The number of benzene rings is 1. The van der Waals surface area contributed by atoms with Gasteiger partial charge in [0, 0.05) is 24.6 Å². The van der Waals surface area contributed by atoms with Crippen LogP contribution in [0.2, 0.25) is 0 Å².